The van der Waals surface area contributed by atoms with Crippen molar-refractivity contribution in [2.45, 2.75) is 32.1 Å². The summed E-state index contributed by atoms with van der Waals surface area (Å²) in [6, 6.07) is 6.47. The molecule has 2 rings (SSSR count). The summed E-state index contributed by atoms with van der Waals surface area (Å²) in [6.45, 7) is 10.2. The fraction of sp³-hybridized carbons (Fsp3) is 0.389. The highest BCUT2D eigenvalue weighted by atomic mass is 15.3. The van der Waals surface area contributed by atoms with Crippen LogP contribution in [0, 0.1) is 0 Å². The van der Waals surface area contributed by atoms with E-state index >= 15 is 0 Å². The Morgan fingerprint density at radius 2 is 2.24 bits per heavy atom. The highest BCUT2D eigenvalue weighted by Crippen LogP contribution is 2.33. The number of rotatable bonds is 7. The fourth-order valence-electron chi connectivity index (χ4n) is 2.92. The van der Waals surface area contributed by atoms with Crippen LogP contribution in [0.1, 0.15) is 36.9 Å². The zero-order chi connectivity index (χ0) is 15.4. The summed E-state index contributed by atoms with van der Waals surface area (Å²) >= 11 is 0. The smallest absolute Gasteiger partial charge is 0.0792 e. The van der Waals surface area contributed by atoms with E-state index in [0.717, 1.165) is 30.7 Å². The van der Waals surface area contributed by atoms with Crippen LogP contribution in [0.3, 0.4) is 0 Å². The van der Waals surface area contributed by atoms with Gasteiger partial charge in [-0.15, -0.1) is 6.58 Å². The van der Waals surface area contributed by atoms with E-state index < -0.39 is 0 Å². The van der Waals surface area contributed by atoms with Gasteiger partial charge in [-0.05, 0) is 24.8 Å². The van der Waals surface area contributed by atoms with E-state index in [9.17, 15) is 0 Å². The SMILES string of the molecule is C=CCCC(C(=C)NC)c1nn(C)c2c(CC)cccc12. The summed E-state index contributed by atoms with van der Waals surface area (Å²) in [5, 5.41) is 9.24. The number of nitrogens with one attached hydrogen (secondary N) is 1. The first-order valence-electron chi connectivity index (χ1n) is 7.55. The predicted octanol–water partition coefficient (Wildman–Crippen LogP) is 3.92. The summed E-state index contributed by atoms with van der Waals surface area (Å²) in [5.74, 6) is 0.212. The second-order valence-electron chi connectivity index (χ2n) is 5.37. The van der Waals surface area contributed by atoms with Gasteiger partial charge in [0.25, 0.3) is 0 Å². The number of fused-ring (bicyclic) bond motifs is 1. The molecule has 1 aromatic carbocycles. The Labute approximate surface area is 127 Å². The summed E-state index contributed by atoms with van der Waals surface area (Å²) in [7, 11) is 3.95. The number of likely N-dealkylation sites (N-methyl/N-ethyl adjacent to an activating group) is 1. The molecule has 0 saturated heterocycles. The van der Waals surface area contributed by atoms with Crippen molar-refractivity contribution in [3.63, 3.8) is 0 Å². The standard InChI is InChI=1S/C18H25N3/c1-6-8-11-15(13(3)19-4)17-16-12-9-10-14(7-2)18(16)21(5)20-17/h6,9-10,12,15,19H,1,3,7-8,11H2,2,4-5H3. The molecule has 0 fully saturated rings. The van der Waals surface area contributed by atoms with E-state index in [1.165, 1.54) is 16.5 Å². The molecule has 2 aromatic rings. The minimum atomic E-state index is 0.212. The van der Waals surface area contributed by atoms with Crippen molar-refractivity contribution in [3.8, 4) is 0 Å². The number of hydrogen-bond acceptors (Lipinski definition) is 2. The molecule has 0 aliphatic carbocycles. The van der Waals surface area contributed by atoms with Crippen molar-refractivity contribution in [2.24, 2.45) is 7.05 Å². The molecule has 0 spiro atoms. The predicted molar refractivity (Wildman–Crippen MR) is 90.5 cm³/mol. The van der Waals surface area contributed by atoms with Gasteiger partial charge in [0, 0.05) is 31.1 Å². The van der Waals surface area contributed by atoms with Gasteiger partial charge in [0.2, 0.25) is 0 Å². The maximum Gasteiger partial charge on any atom is 0.0792 e. The lowest BCUT2D eigenvalue weighted by Gasteiger charge is -2.17. The van der Waals surface area contributed by atoms with Gasteiger partial charge in [0.15, 0.2) is 0 Å². The van der Waals surface area contributed by atoms with Crippen LogP contribution in [0.5, 0.6) is 0 Å². The van der Waals surface area contributed by atoms with Crippen LogP contribution in [0.4, 0.5) is 0 Å². The Balaban J connectivity index is 2.57. The molecule has 0 bridgehead atoms. The number of aryl methyl sites for hydroxylation is 2. The van der Waals surface area contributed by atoms with E-state index in [4.69, 9.17) is 5.10 Å². The average Bonchev–Trinajstić information content (AvgIpc) is 2.84. The number of para-hydroxylation sites is 1. The van der Waals surface area contributed by atoms with Crippen molar-refractivity contribution < 1.29 is 0 Å². The molecule has 1 unspecified atom stereocenters. The number of hydrogen-bond donors (Lipinski definition) is 1. The van der Waals surface area contributed by atoms with Crippen LogP contribution >= 0.6 is 0 Å². The third-order valence-corrected chi connectivity index (χ3v) is 4.09. The van der Waals surface area contributed by atoms with Gasteiger partial charge in [-0.3, -0.25) is 4.68 Å². The van der Waals surface area contributed by atoms with Gasteiger partial charge in [-0.1, -0.05) is 37.8 Å². The zero-order valence-corrected chi connectivity index (χ0v) is 13.3. The minimum Gasteiger partial charge on any atom is -0.391 e. The summed E-state index contributed by atoms with van der Waals surface area (Å²) in [6.07, 6.45) is 4.90. The van der Waals surface area contributed by atoms with E-state index in [2.05, 4.69) is 43.6 Å². The minimum absolute atomic E-state index is 0.212. The monoisotopic (exact) mass is 283 g/mol. The Hall–Kier alpha value is -2.03. The van der Waals surface area contributed by atoms with Crippen LogP contribution in [0.25, 0.3) is 10.9 Å². The van der Waals surface area contributed by atoms with Gasteiger partial charge in [0.05, 0.1) is 11.2 Å². The molecule has 21 heavy (non-hydrogen) atoms. The van der Waals surface area contributed by atoms with Crippen molar-refractivity contribution >= 4 is 10.9 Å². The lowest BCUT2D eigenvalue weighted by atomic mass is 9.93. The summed E-state index contributed by atoms with van der Waals surface area (Å²) in [5.41, 5.74) is 4.71. The maximum absolute atomic E-state index is 4.80. The van der Waals surface area contributed by atoms with Crippen LogP contribution in [0.15, 0.2) is 43.1 Å². The zero-order valence-electron chi connectivity index (χ0n) is 13.3. The van der Waals surface area contributed by atoms with Gasteiger partial charge in [0.1, 0.15) is 0 Å². The van der Waals surface area contributed by atoms with E-state index in [-0.39, 0.29) is 5.92 Å². The first-order valence-corrected chi connectivity index (χ1v) is 7.55. The summed E-state index contributed by atoms with van der Waals surface area (Å²) < 4.78 is 2.01. The van der Waals surface area contributed by atoms with E-state index in [1.807, 2.05) is 24.9 Å². The third-order valence-electron chi connectivity index (χ3n) is 4.09. The van der Waals surface area contributed by atoms with E-state index in [0.29, 0.717) is 0 Å². The number of aromatic nitrogens is 2. The number of allylic oxidation sites excluding steroid dienone is 2. The molecule has 1 heterocycles. The average molecular weight is 283 g/mol. The number of nitrogens with zero attached hydrogens (tertiary/aromatic N) is 2. The van der Waals surface area contributed by atoms with Crippen LogP contribution in [-0.4, -0.2) is 16.8 Å². The Kier molecular flexibility index (Phi) is 4.84. The Bertz CT molecular complexity index is 652. The van der Waals surface area contributed by atoms with Gasteiger partial charge >= 0.3 is 0 Å². The molecule has 0 amide bonds. The van der Waals surface area contributed by atoms with Crippen molar-refractivity contribution in [3.05, 3.63) is 54.4 Å². The first-order chi connectivity index (χ1) is 10.1. The van der Waals surface area contributed by atoms with Crippen molar-refractivity contribution in [2.75, 3.05) is 7.05 Å². The molecule has 112 valence electrons. The molecule has 0 aliphatic rings. The molecule has 3 heteroatoms. The number of benzene rings is 1. The lowest BCUT2D eigenvalue weighted by molar-refractivity contribution is 0.639. The lowest BCUT2D eigenvalue weighted by Crippen LogP contribution is -2.14. The molecule has 0 saturated carbocycles. The molecule has 1 N–H and O–H groups in total. The van der Waals surface area contributed by atoms with Gasteiger partial charge in [-0.25, -0.2) is 0 Å². The molecule has 0 radical (unpaired) electrons. The fourth-order valence-corrected chi connectivity index (χ4v) is 2.92. The first kappa shape index (κ1) is 15.4. The Morgan fingerprint density at radius 3 is 2.86 bits per heavy atom. The molecule has 0 aliphatic heterocycles. The maximum atomic E-state index is 4.80. The van der Waals surface area contributed by atoms with Crippen LogP contribution < -0.4 is 5.32 Å². The molecular weight excluding hydrogens is 258 g/mol. The molecular formula is C18H25N3. The molecule has 3 nitrogen and oxygen atoms in total. The highest BCUT2D eigenvalue weighted by Gasteiger charge is 2.21. The van der Waals surface area contributed by atoms with Crippen LogP contribution in [0.2, 0.25) is 0 Å². The van der Waals surface area contributed by atoms with Crippen molar-refractivity contribution in [1.29, 1.82) is 0 Å². The third kappa shape index (κ3) is 2.87. The van der Waals surface area contributed by atoms with Crippen LogP contribution in [-0.2, 0) is 13.5 Å². The largest absolute Gasteiger partial charge is 0.391 e. The normalized spacial score (nSPS) is 12.3. The second kappa shape index (κ2) is 6.61. The van der Waals surface area contributed by atoms with Gasteiger partial charge < -0.3 is 5.32 Å². The molecule has 1 aromatic heterocycles. The Morgan fingerprint density at radius 1 is 1.48 bits per heavy atom. The topological polar surface area (TPSA) is 29.9 Å². The quantitative estimate of drug-likeness (QED) is 0.781. The highest BCUT2D eigenvalue weighted by molar-refractivity contribution is 5.85. The summed E-state index contributed by atoms with van der Waals surface area (Å²) in [4.78, 5) is 0. The molecule has 1 atom stereocenters. The van der Waals surface area contributed by atoms with E-state index in [1.54, 1.807) is 0 Å². The second-order valence-corrected chi connectivity index (χ2v) is 5.37. The van der Waals surface area contributed by atoms with Gasteiger partial charge in [-0.2, -0.15) is 5.10 Å². The van der Waals surface area contributed by atoms with Crippen molar-refractivity contribution in [1.82, 2.24) is 15.1 Å².